The lowest BCUT2D eigenvalue weighted by molar-refractivity contribution is -0.165. The Balaban J connectivity index is 2.22. The van der Waals surface area contributed by atoms with Crippen LogP contribution in [0.4, 0.5) is 0 Å². The van der Waals surface area contributed by atoms with Crippen LogP contribution in [0.15, 0.2) is 0 Å². The molecule has 1 amide bonds. The van der Waals surface area contributed by atoms with Gasteiger partial charge in [-0.1, -0.05) is 33.1 Å². The maximum atomic E-state index is 12.1. The summed E-state index contributed by atoms with van der Waals surface area (Å²) in [4.78, 5) is 13.8. The quantitative estimate of drug-likeness (QED) is 0.743. The highest BCUT2D eigenvalue weighted by molar-refractivity contribution is 5.81. The van der Waals surface area contributed by atoms with Gasteiger partial charge in [-0.2, -0.15) is 0 Å². The number of amides is 1. The van der Waals surface area contributed by atoms with E-state index in [2.05, 4.69) is 0 Å². The fraction of sp³-hybridized carbons (Fsp3) is 0.923. The average molecular weight is 225 g/mol. The molecule has 0 bridgehead atoms. The molecule has 1 aliphatic carbocycles. The van der Waals surface area contributed by atoms with Crippen molar-refractivity contribution < 1.29 is 9.90 Å². The molecule has 1 heterocycles. The Morgan fingerprint density at radius 1 is 1.19 bits per heavy atom. The Hall–Kier alpha value is -0.570. The number of likely N-dealkylation sites (tertiary alicyclic amines) is 1. The zero-order valence-corrected chi connectivity index (χ0v) is 10.6. The second kappa shape index (κ2) is 3.73. The van der Waals surface area contributed by atoms with Gasteiger partial charge in [0.25, 0.3) is 0 Å². The number of rotatable bonds is 1. The number of nitrogens with zero attached hydrogens (tertiary/aromatic N) is 1. The molecular formula is C13H23NO2. The second-order valence-corrected chi connectivity index (χ2v) is 6.14. The molecule has 0 aromatic heterocycles. The van der Waals surface area contributed by atoms with Crippen LogP contribution in [0.25, 0.3) is 0 Å². The van der Waals surface area contributed by atoms with E-state index < -0.39 is 5.72 Å². The van der Waals surface area contributed by atoms with Crippen molar-refractivity contribution in [2.75, 3.05) is 0 Å². The Morgan fingerprint density at radius 2 is 1.75 bits per heavy atom. The predicted octanol–water partition coefficient (Wildman–Crippen LogP) is 2.29. The van der Waals surface area contributed by atoms with Crippen LogP contribution in [0, 0.1) is 5.41 Å². The molecule has 0 spiro atoms. The Morgan fingerprint density at radius 3 is 2.19 bits per heavy atom. The molecule has 92 valence electrons. The summed E-state index contributed by atoms with van der Waals surface area (Å²) in [5, 5.41) is 10.6. The van der Waals surface area contributed by atoms with Crippen LogP contribution in [0.2, 0.25) is 0 Å². The molecular weight excluding hydrogens is 202 g/mol. The van der Waals surface area contributed by atoms with E-state index in [-0.39, 0.29) is 17.4 Å². The minimum atomic E-state index is -0.980. The van der Waals surface area contributed by atoms with Crippen LogP contribution < -0.4 is 0 Å². The van der Waals surface area contributed by atoms with E-state index in [1.807, 2.05) is 13.8 Å². The zero-order valence-electron chi connectivity index (χ0n) is 10.6. The van der Waals surface area contributed by atoms with E-state index in [0.717, 1.165) is 12.8 Å². The molecule has 1 aliphatic heterocycles. The maximum absolute atomic E-state index is 12.1. The molecule has 0 unspecified atom stereocenters. The maximum Gasteiger partial charge on any atom is 0.225 e. The first kappa shape index (κ1) is 11.9. The lowest BCUT2D eigenvalue weighted by atomic mass is 9.81. The summed E-state index contributed by atoms with van der Waals surface area (Å²) < 4.78 is 0. The van der Waals surface area contributed by atoms with Crippen molar-refractivity contribution in [3.8, 4) is 0 Å². The van der Waals surface area contributed by atoms with E-state index in [0.29, 0.717) is 6.42 Å². The van der Waals surface area contributed by atoms with Gasteiger partial charge in [-0.3, -0.25) is 4.79 Å². The van der Waals surface area contributed by atoms with Crippen LogP contribution in [0.1, 0.15) is 59.3 Å². The van der Waals surface area contributed by atoms with Crippen LogP contribution in [-0.2, 0) is 4.79 Å². The van der Waals surface area contributed by atoms with Crippen LogP contribution in [0.3, 0.4) is 0 Å². The number of hydrogen-bond acceptors (Lipinski definition) is 2. The molecule has 2 rings (SSSR count). The third kappa shape index (κ3) is 1.65. The predicted molar refractivity (Wildman–Crippen MR) is 62.7 cm³/mol. The molecule has 0 aromatic carbocycles. The van der Waals surface area contributed by atoms with Gasteiger partial charge < -0.3 is 10.0 Å². The number of hydrogen-bond donors (Lipinski definition) is 1. The van der Waals surface area contributed by atoms with Gasteiger partial charge in [0.2, 0.25) is 5.91 Å². The topological polar surface area (TPSA) is 40.5 Å². The monoisotopic (exact) mass is 225 g/mol. The molecule has 3 nitrogen and oxygen atoms in total. The Labute approximate surface area is 97.8 Å². The molecule has 1 saturated carbocycles. The van der Waals surface area contributed by atoms with Gasteiger partial charge in [-0.15, -0.1) is 0 Å². The third-order valence-electron chi connectivity index (χ3n) is 4.55. The van der Waals surface area contributed by atoms with Crippen molar-refractivity contribution in [2.24, 2.45) is 5.41 Å². The van der Waals surface area contributed by atoms with Crippen molar-refractivity contribution in [3.05, 3.63) is 0 Å². The number of aliphatic hydroxyl groups is 1. The summed E-state index contributed by atoms with van der Waals surface area (Å²) >= 11 is 0. The molecule has 2 aliphatic rings. The van der Waals surface area contributed by atoms with E-state index in [1.54, 1.807) is 11.8 Å². The summed E-state index contributed by atoms with van der Waals surface area (Å²) in [5.74, 6) is 0.127. The molecule has 2 fully saturated rings. The van der Waals surface area contributed by atoms with Crippen LogP contribution >= 0.6 is 0 Å². The highest BCUT2D eigenvalue weighted by Crippen LogP contribution is 2.46. The van der Waals surface area contributed by atoms with Gasteiger partial charge in [0.1, 0.15) is 5.72 Å². The fourth-order valence-electron chi connectivity index (χ4n) is 3.10. The third-order valence-corrected chi connectivity index (χ3v) is 4.55. The van der Waals surface area contributed by atoms with Gasteiger partial charge in [0.15, 0.2) is 0 Å². The van der Waals surface area contributed by atoms with Crippen molar-refractivity contribution in [1.82, 2.24) is 4.90 Å². The molecule has 3 heteroatoms. The smallest absolute Gasteiger partial charge is 0.225 e. The van der Waals surface area contributed by atoms with Crippen LogP contribution in [0.5, 0.6) is 0 Å². The second-order valence-electron chi connectivity index (χ2n) is 6.14. The van der Waals surface area contributed by atoms with Gasteiger partial charge >= 0.3 is 0 Å². The number of carbonyl (C=O) groups excluding carboxylic acids is 1. The van der Waals surface area contributed by atoms with Crippen molar-refractivity contribution in [2.45, 2.75) is 71.1 Å². The van der Waals surface area contributed by atoms with E-state index in [4.69, 9.17) is 0 Å². The zero-order chi connectivity index (χ0) is 12.0. The average Bonchev–Trinajstić information content (AvgIpc) is 2.33. The van der Waals surface area contributed by atoms with E-state index in [9.17, 15) is 9.90 Å². The first-order valence-corrected chi connectivity index (χ1v) is 6.41. The summed E-state index contributed by atoms with van der Waals surface area (Å²) in [7, 11) is 0. The standard InChI is InChI=1S/C13H23NO2/c1-12(2)9-11(15)14(13(12,3)16)10-7-5-4-6-8-10/h10,16H,4-9H2,1-3H3/t13-/m0/s1. The molecule has 1 N–H and O–H groups in total. The highest BCUT2D eigenvalue weighted by Gasteiger charge is 2.55. The van der Waals surface area contributed by atoms with Gasteiger partial charge in [0.05, 0.1) is 0 Å². The Kier molecular flexibility index (Phi) is 2.77. The summed E-state index contributed by atoms with van der Waals surface area (Å²) in [5.41, 5.74) is -1.31. The fourth-order valence-corrected chi connectivity index (χ4v) is 3.10. The highest BCUT2D eigenvalue weighted by atomic mass is 16.3. The van der Waals surface area contributed by atoms with Crippen LogP contribution in [-0.4, -0.2) is 27.7 Å². The lowest BCUT2D eigenvalue weighted by Gasteiger charge is -2.44. The number of carbonyl (C=O) groups is 1. The van der Waals surface area contributed by atoms with Crippen molar-refractivity contribution in [3.63, 3.8) is 0 Å². The van der Waals surface area contributed by atoms with Gasteiger partial charge in [0, 0.05) is 17.9 Å². The molecule has 16 heavy (non-hydrogen) atoms. The first-order valence-electron chi connectivity index (χ1n) is 6.41. The minimum Gasteiger partial charge on any atom is -0.370 e. The summed E-state index contributed by atoms with van der Waals surface area (Å²) in [6.07, 6.45) is 6.21. The molecule has 0 aromatic rings. The SMILES string of the molecule is CC1(C)CC(=O)N(C2CCCCC2)[C@@]1(C)O. The van der Waals surface area contributed by atoms with Crippen molar-refractivity contribution in [1.29, 1.82) is 0 Å². The first-order chi connectivity index (χ1) is 7.36. The summed E-state index contributed by atoms with van der Waals surface area (Å²) in [6.45, 7) is 5.76. The summed E-state index contributed by atoms with van der Waals surface area (Å²) in [6, 6.07) is 0.262. The van der Waals surface area contributed by atoms with Gasteiger partial charge in [-0.25, -0.2) is 0 Å². The molecule has 1 atom stereocenters. The Bertz CT molecular complexity index is 290. The van der Waals surface area contributed by atoms with E-state index >= 15 is 0 Å². The normalized spacial score (nSPS) is 35.8. The van der Waals surface area contributed by atoms with E-state index in [1.165, 1.54) is 19.3 Å². The minimum absolute atomic E-state index is 0.127. The van der Waals surface area contributed by atoms with Gasteiger partial charge in [-0.05, 0) is 19.8 Å². The van der Waals surface area contributed by atoms with Crippen molar-refractivity contribution >= 4 is 5.91 Å². The molecule has 0 radical (unpaired) electrons. The largest absolute Gasteiger partial charge is 0.370 e. The lowest BCUT2D eigenvalue weighted by Crippen LogP contribution is -2.54. The molecule has 1 saturated heterocycles.